The maximum atomic E-state index is 11.9. The second kappa shape index (κ2) is 4.12. The van der Waals surface area contributed by atoms with Gasteiger partial charge >= 0.3 is 0 Å². The summed E-state index contributed by atoms with van der Waals surface area (Å²) in [5.41, 5.74) is 1.36. The second-order valence-electron chi connectivity index (χ2n) is 4.81. The Balaban J connectivity index is 2.97. The molecule has 0 saturated heterocycles. The van der Waals surface area contributed by atoms with Gasteiger partial charge in [0.1, 0.15) is 0 Å². The summed E-state index contributed by atoms with van der Waals surface area (Å²) in [4.78, 5) is 11.9. The Morgan fingerprint density at radius 3 is 2.71 bits per heavy atom. The first-order valence-electron chi connectivity index (χ1n) is 5.32. The summed E-state index contributed by atoms with van der Waals surface area (Å²) >= 11 is 0. The Morgan fingerprint density at radius 2 is 2.21 bits per heavy atom. The Bertz CT molecular complexity index is 282. The molecule has 0 fully saturated rings. The lowest BCUT2D eigenvalue weighted by atomic mass is 9.67. The molecule has 14 heavy (non-hydrogen) atoms. The molecule has 0 radical (unpaired) electrons. The van der Waals surface area contributed by atoms with Gasteiger partial charge in [-0.25, -0.2) is 0 Å². The third kappa shape index (κ3) is 2.14. The number of hydrogen-bond donors (Lipinski definition) is 0. The SMILES string of the molecule is C/C=C\C(=O)[C@H]1C(C)=CCCC1(C)C. The van der Waals surface area contributed by atoms with Crippen LogP contribution in [0.4, 0.5) is 0 Å². The highest BCUT2D eigenvalue weighted by Crippen LogP contribution is 2.41. The molecule has 0 unspecified atom stereocenters. The molecular weight excluding hydrogens is 172 g/mol. The molecule has 0 aromatic carbocycles. The number of ketones is 1. The van der Waals surface area contributed by atoms with Crippen molar-refractivity contribution in [2.45, 2.75) is 40.5 Å². The molecule has 78 valence electrons. The minimum absolute atomic E-state index is 0.0902. The third-order valence-electron chi connectivity index (χ3n) is 3.11. The van der Waals surface area contributed by atoms with E-state index in [0.29, 0.717) is 0 Å². The smallest absolute Gasteiger partial charge is 0.162 e. The highest BCUT2D eigenvalue weighted by molar-refractivity contribution is 5.94. The zero-order valence-electron chi connectivity index (χ0n) is 9.63. The molecule has 1 aliphatic carbocycles. The molecule has 0 N–H and O–H groups in total. The van der Waals surface area contributed by atoms with Crippen LogP contribution in [0.15, 0.2) is 23.8 Å². The van der Waals surface area contributed by atoms with Crippen LogP contribution in [0.3, 0.4) is 0 Å². The van der Waals surface area contributed by atoms with E-state index >= 15 is 0 Å². The van der Waals surface area contributed by atoms with Crippen molar-refractivity contribution in [1.82, 2.24) is 0 Å². The van der Waals surface area contributed by atoms with Crippen LogP contribution in [0.25, 0.3) is 0 Å². The minimum atomic E-state index is 0.0902. The number of hydrogen-bond acceptors (Lipinski definition) is 1. The molecule has 0 amide bonds. The van der Waals surface area contributed by atoms with Crippen LogP contribution >= 0.6 is 0 Å². The van der Waals surface area contributed by atoms with Crippen molar-refractivity contribution in [2.24, 2.45) is 11.3 Å². The van der Waals surface area contributed by atoms with Gasteiger partial charge in [0, 0.05) is 5.92 Å². The van der Waals surface area contributed by atoms with Crippen molar-refractivity contribution < 1.29 is 4.79 Å². The van der Waals surface area contributed by atoms with Gasteiger partial charge in [-0.05, 0) is 38.2 Å². The summed E-state index contributed by atoms with van der Waals surface area (Å²) in [6.07, 6.45) is 7.96. The van der Waals surface area contributed by atoms with Crippen LogP contribution in [0.1, 0.15) is 40.5 Å². The number of carbonyl (C=O) groups is 1. The van der Waals surface area contributed by atoms with Crippen molar-refractivity contribution in [1.29, 1.82) is 0 Å². The lowest BCUT2D eigenvalue weighted by Crippen LogP contribution is -2.33. The average Bonchev–Trinajstić information content (AvgIpc) is 2.02. The van der Waals surface area contributed by atoms with Gasteiger partial charge in [0.2, 0.25) is 0 Å². The van der Waals surface area contributed by atoms with Gasteiger partial charge in [-0.1, -0.05) is 31.6 Å². The van der Waals surface area contributed by atoms with Crippen molar-refractivity contribution in [3.8, 4) is 0 Å². The predicted molar refractivity (Wildman–Crippen MR) is 60.1 cm³/mol. The number of carbonyl (C=O) groups excluding carboxylic acids is 1. The molecule has 0 spiro atoms. The number of rotatable bonds is 2. The fourth-order valence-electron chi connectivity index (χ4n) is 2.42. The minimum Gasteiger partial charge on any atom is -0.294 e. The summed E-state index contributed by atoms with van der Waals surface area (Å²) in [7, 11) is 0. The first-order valence-corrected chi connectivity index (χ1v) is 5.32. The molecule has 0 heterocycles. The Hall–Kier alpha value is -0.850. The summed E-state index contributed by atoms with van der Waals surface area (Å²) in [5, 5.41) is 0. The highest BCUT2D eigenvalue weighted by Gasteiger charge is 2.36. The fourth-order valence-corrected chi connectivity index (χ4v) is 2.42. The van der Waals surface area contributed by atoms with E-state index in [1.54, 1.807) is 6.08 Å². The molecule has 1 atom stereocenters. The van der Waals surface area contributed by atoms with Crippen LogP contribution in [-0.2, 0) is 4.79 Å². The quantitative estimate of drug-likeness (QED) is 0.483. The summed E-state index contributed by atoms with van der Waals surface area (Å²) in [5.74, 6) is 0.346. The van der Waals surface area contributed by atoms with Crippen molar-refractivity contribution >= 4 is 5.78 Å². The van der Waals surface area contributed by atoms with E-state index in [1.165, 1.54) is 5.57 Å². The number of allylic oxidation sites excluding steroid dienone is 4. The van der Waals surface area contributed by atoms with Gasteiger partial charge in [0.15, 0.2) is 5.78 Å². The standard InChI is InChI=1S/C13H20O/c1-5-7-11(14)12-10(2)8-6-9-13(12,3)4/h5,7-8,12H,6,9H2,1-4H3/b7-5-/t12-/m1/s1. The topological polar surface area (TPSA) is 17.1 Å². The Labute approximate surface area is 86.9 Å². The first-order chi connectivity index (χ1) is 6.49. The predicted octanol–water partition coefficient (Wildman–Crippen LogP) is 3.51. The first kappa shape index (κ1) is 11.2. The van der Waals surface area contributed by atoms with Crippen LogP contribution in [0.5, 0.6) is 0 Å². The van der Waals surface area contributed by atoms with E-state index in [-0.39, 0.29) is 17.1 Å². The average molecular weight is 192 g/mol. The lowest BCUT2D eigenvalue weighted by Gasteiger charge is -2.36. The Morgan fingerprint density at radius 1 is 1.57 bits per heavy atom. The molecule has 1 heteroatoms. The summed E-state index contributed by atoms with van der Waals surface area (Å²) in [6.45, 7) is 8.35. The molecule has 1 nitrogen and oxygen atoms in total. The lowest BCUT2D eigenvalue weighted by molar-refractivity contribution is -0.120. The zero-order valence-corrected chi connectivity index (χ0v) is 9.63. The van der Waals surface area contributed by atoms with E-state index in [0.717, 1.165) is 12.8 Å². The van der Waals surface area contributed by atoms with Gasteiger partial charge in [0.25, 0.3) is 0 Å². The molecule has 1 rings (SSSR count). The molecular formula is C13H20O. The summed E-state index contributed by atoms with van der Waals surface area (Å²) < 4.78 is 0. The van der Waals surface area contributed by atoms with E-state index < -0.39 is 0 Å². The monoisotopic (exact) mass is 192 g/mol. The maximum absolute atomic E-state index is 11.9. The fraction of sp³-hybridized carbons (Fsp3) is 0.615. The molecule has 0 aromatic rings. The van der Waals surface area contributed by atoms with E-state index in [1.807, 2.05) is 13.0 Å². The summed E-state index contributed by atoms with van der Waals surface area (Å²) in [6, 6.07) is 0. The van der Waals surface area contributed by atoms with Crippen LogP contribution in [-0.4, -0.2) is 5.78 Å². The second-order valence-corrected chi connectivity index (χ2v) is 4.81. The molecule has 0 aromatic heterocycles. The Kier molecular flexibility index (Phi) is 3.30. The van der Waals surface area contributed by atoms with E-state index in [2.05, 4.69) is 26.8 Å². The maximum Gasteiger partial charge on any atom is 0.162 e. The molecule has 0 bridgehead atoms. The van der Waals surface area contributed by atoms with Crippen molar-refractivity contribution in [3.05, 3.63) is 23.8 Å². The van der Waals surface area contributed by atoms with Gasteiger partial charge in [-0.15, -0.1) is 0 Å². The van der Waals surface area contributed by atoms with Gasteiger partial charge in [-0.2, -0.15) is 0 Å². The van der Waals surface area contributed by atoms with Crippen molar-refractivity contribution in [3.63, 3.8) is 0 Å². The molecule has 0 saturated carbocycles. The van der Waals surface area contributed by atoms with Gasteiger partial charge in [-0.3, -0.25) is 4.79 Å². The van der Waals surface area contributed by atoms with Crippen LogP contribution in [0, 0.1) is 11.3 Å². The van der Waals surface area contributed by atoms with Crippen molar-refractivity contribution in [2.75, 3.05) is 0 Å². The molecule has 0 aliphatic heterocycles. The molecule has 1 aliphatic rings. The van der Waals surface area contributed by atoms with E-state index in [9.17, 15) is 4.79 Å². The van der Waals surface area contributed by atoms with Crippen LogP contribution in [0.2, 0.25) is 0 Å². The largest absolute Gasteiger partial charge is 0.294 e. The van der Waals surface area contributed by atoms with Crippen LogP contribution < -0.4 is 0 Å². The van der Waals surface area contributed by atoms with Gasteiger partial charge < -0.3 is 0 Å². The normalized spacial score (nSPS) is 26.3. The van der Waals surface area contributed by atoms with E-state index in [4.69, 9.17) is 0 Å². The zero-order chi connectivity index (χ0) is 10.8. The highest BCUT2D eigenvalue weighted by atomic mass is 16.1. The van der Waals surface area contributed by atoms with Gasteiger partial charge in [0.05, 0.1) is 0 Å². The third-order valence-corrected chi connectivity index (χ3v) is 3.11.